The van der Waals surface area contributed by atoms with E-state index in [1.54, 1.807) is 19.2 Å². The number of carbonyl (C=O) groups excluding carboxylic acids is 1. The molecule has 0 radical (unpaired) electrons. The van der Waals surface area contributed by atoms with Gasteiger partial charge in [0, 0.05) is 11.3 Å². The zero-order valence-electron chi connectivity index (χ0n) is 15.8. The minimum absolute atomic E-state index is 0.00559. The Morgan fingerprint density at radius 1 is 1.00 bits per heavy atom. The van der Waals surface area contributed by atoms with E-state index in [2.05, 4.69) is 14.8 Å². The van der Waals surface area contributed by atoms with Gasteiger partial charge in [0.25, 0.3) is 5.91 Å². The normalized spacial score (nSPS) is 12.0. The Morgan fingerprint density at radius 3 is 2.24 bits per heavy atom. The number of likely N-dealkylation sites (N-methyl/N-ethyl adjacent to an activating group) is 1. The molecule has 0 fully saturated rings. The first-order valence-electron chi connectivity index (χ1n) is 8.54. The zero-order valence-corrected chi connectivity index (χ0v) is 15.8. The number of methoxy groups -OCH3 is 1. The number of hydrogen-bond donors (Lipinski definition) is 2. The molecule has 1 unspecified atom stereocenters. The number of quaternary nitrogens is 1. The van der Waals surface area contributed by atoms with Crippen LogP contribution >= 0.6 is 0 Å². The van der Waals surface area contributed by atoms with Crippen LogP contribution in [-0.4, -0.2) is 39.8 Å². The standard InChI is InChI=1S/C19H20F4N2O4/c1-25(10-12-3-8-15(29-19(22)23)16(9-12)27-2)11-17(26)24-13-4-6-14(7-5-13)28-18(20)21/h3-9,18-19H,10-11H2,1-2H3,(H,24,26)/p+1. The maximum absolute atomic E-state index is 12.4. The van der Waals surface area contributed by atoms with Crippen molar-refractivity contribution >= 4 is 11.6 Å². The summed E-state index contributed by atoms with van der Waals surface area (Å²) in [5.74, 6) is -0.185. The number of alkyl halides is 4. The van der Waals surface area contributed by atoms with Gasteiger partial charge in [-0.25, -0.2) is 0 Å². The second-order valence-corrected chi connectivity index (χ2v) is 6.13. The molecule has 29 heavy (non-hydrogen) atoms. The lowest BCUT2D eigenvalue weighted by atomic mass is 10.2. The molecule has 2 N–H and O–H groups in total. The van der Waals surface area contributed by atoms with Crippen molar-refractivity contribution < 1.29 is 41.5 Å². The van der Waals surface area contributed by atoms with Crippen LogP contribution in [0.25, 0.3) is 0 Å². The largest absolute Gasteiger partial charge is 0.493 e. The SMILES string of the molecule is COc1cc(C[NH+](C)CC(=O)Nc2ccc(OC(F)F)cc2)ccc1OC(F)F. The van der Waals surface area contributed by atoms with Gasteiger partial charge in [-0.05, 0) is 42.5 Å². The fourth-order valence-corrected chi connectivity index (χ4v) is 2.63. The van der Waals surface area contributed by atoms with Gasteiger partial charge >= 0.3 is 13.2 Å². The van der Waals surface area contributed by atoms with E-state index in [-0.39, 0.29) is 29.7 Å². The first-order valence-corrected chi connectivity index (χ1v) is 8.54. The van der Waals surface area contributed by atoms with Crippen molar-refractivity contribution in [2.24, 2.45) is 0 Å². The first-order chi connectivity index (χ1) is 13.8. The van der Waals surface area contributed by atoms with Gasteiger partial charge in [0.2, 0.25) is 0 Å². The third-order valence-corrected chi connectivity index (χ3v) is 3.78. The second-order valence-electron chi connectivity index (χ2n) is 6.13. The Labute approximate surface area is 165 Å². The summed E-state index contributed by atoms with van der Waals surface area (Å²) in [6.45, 7) is -5.32. The first kappa shape index (κ1) is 22.3. The third kappa shape index (κ3) is 7.49. The molecular formula is C19H21F4N2O4+. The molecular weight excluding hydrogens is 396 g/mol. The molecule has 0 heterocycles. The van der Waals surface area contributed by atoms with Crippen LogP contribution in [0.4, 0.5) is 23.2 Å². The summed E-state index contributed by atoms with van der Waals surface area (Å²) in [6.07, 6.45) is 0. The highest BCUT2D eigenvalue weighted by Crippen LogP contribution is 2.29. The lowest BCUT2D eigenvalue weighted by Crippen LogP contribution is -3.08. The summed E-state index contributed by atoms with van der Waals surface area (Å²) in [7, 11) is 3.13. The van der Waals surface area contributed by atoms with Crippen molar-refractivity contribution in [3.05, 3.63) is 48.0 Å². The summed E-state index contributed by atoms with van der Waals surface area (Å²) in [5.41, 5.74) is 1.21. The van der Waals surface area contributed by atoms with Crippen molar-refractivity contribution in [3.63, 3.8) is 0 Å². The van der Waals surface area contributed by atoms with Crippen LogP contribution in [-0.2, 0) is 11.3 Å². The van der Waals surface area contributed by atoms with Crippen LogP contribution < -0.4 is 24.4 Å². The second kappa shape index (κ2) is 10.5. The van der Waals surface area contributed by atoms with Gasteiger partial charge in [-0.15, -0.1) is 0 Å². The summed E-state index contributed by atoms with van der Waals surface area (Å²) in [4.78, 5) is 13.0. The monoisotopic (exact) mass is 417 g/mol. The summed E-state index contributed by atoms with van der Waals surface area (Å²) >= 11 is 0. The molecule has 0 saturated carbocycles. The smallest absolute Gasteiger partial charge is 0.387 e. The predicted molar refractivity (Wildman–Crippen MR) is 96.8 cm³/mol. The Kier molecular flexibility index (Phi) is 8.08. The number of hydrogen-bond acceptors (Lipinski definition) is 4. The average molecular weight is 417 g/mol. The van der Waals surface area contributed by atoms with Crippen LogP contribution in [0, 0.1) is 0 Å². The molecule has 0 aliphatic rings. The maximum Gasteiger partial charge on any atom is 0.387 e. The molecule has 158 valence electrons. The van der Waals surface area contributed by atoms with E-state index in [1.807, 2.05) is 0 Å². The lowest BCUT2D eigenvalue weighted by Gasteiger charge is -2.16. The number of anilines is 1. The van der Waals surface area contributed by atoms with Crippen LogP contribution in [0.15, 0.2) is 42.5 Å². The fourth-order valence-electron chi connectivity index (χ4n) is 2.63. The molecule has 10 heteroatoms. The molecule has 2 aromatic carbocycles. The van der Waals surface area contributed by atoms with E-state index in [9.17, 15) is 22.4 Å². The van der Waals surface area contributed by atoms with E-state index in [0.29, 0.717) is 12.2 Å². The third-order valence-electron chi connectivity index (χ3n) is 3.78. The van der Waals surface area contributed by atoms with Crippen LogP contribution in [0.2, 0.25) is 0 Å². The summed E-state index contributed by atoms with van der Waals surface area (Å²) < 4.78 is 62.7. The summed E-state index contributed by atoms with van der Waals surface area (Å²) in [6, 6.07) is 10.1. The maximum atomic E-state index is 12.4. The van der Waals surface area contributed by atoms with Gasteiger partial charge in [0.15, 0.2) is 18.0 Å². The topological polar surface area (TPSA) is 61.2 Å². The molecule has 6 nitrogen and oxygen atoms in total. The minimum Gasteiger partial charge on any atom is -0.493 e. The van der Waals surface area contributed by atoms with E-state index < -0.39 is 13.2 Å². The number of carbonyl (C=O) groups is 1. The van der Waals surface area contributed by atoms with E-state index in [0.717, 1.165) is 10.5 Å². The van der Waals surface area contributed by atoms with Crippen LogP contribution in [0.5, 0.6) is 17.2 Å². The van der Waals surface area contributed by atoms with Gasteiger partial charge in [0.1, 0.15) is 12.3 Å². The number of rotatable bonds is 10. The lowest BCUT2D eigenvalue weighted by molar-refractivity contribution is -0.885. The van der Waals surface area contributed by atoms with Crippen molar-refractivity contribution in [1.82, 2.24) is 0 Å². The molecule has 0 saturated heterocycles. The Morgan fingerprint density at radius 2 is 1.66 bits per heavy atom. The molecule has 0 aliphatic carbocycles. The van der Waals surface area contributed by atoms with Gasteiger partial charge in [-0.2, -0.15) is 17.6 Å². The molecule has 0 bridgehead atoms. The number of nitrogens with one attached hydrogen (secondary N) is 2. The van der Waals surface area contributed by atoms with Gasteiger partial charge in [0.05, 0.1) is 14.2 Å². The van der Waals surface area contributed by atoms with Crippen molar-refractivity contribution in [2.75, 3.05) is 26.0 Å². The molecule has 0 aromatic heterocycles. The van der Waals surface area contributed by atoms with Crippen LogP contribution in [0.1, 0.15) is 5.56 Å². The van der Waals surface area contributed by atoms with Gasteiger partial charge in [-0.3, -0.25) is 4.79 Å². The predicted octanol–water partition coefficient (Wildman–Crippen LogP) is 2.55. The molecule has 2 rings (SSSR count). The number of ether oxygens (including phenoxy) is 3. The number of amides is 1. The van der Waals surface area contributed by atoms with E-state index in [1.165, 1.54) is 37.4 Å². The molecule has 2 aromatic rings. The van der Waals surface area contributed by atoms with E-state index in [4.69, 9.17) is 4.74 Å². The van der Waals surface area contributed by atoms with Crippen LogP contribution in [0.3, 0.4) is 0 Å². The number of benzene rings is 2. The summed E-state index contributed by atoms with van der Waals surface area (Å²) in [5, 5.41) is 2.66. The van der Waals surface area contributed by atoms with E-state index >= 15 is 0 Å². The molecule has 1 atom stereocenters. The number of halogens is 4. The van der Waals surface area contributed by atoms with Crippen molar-refractivity contribution in [1.29, 1.82) is 0 Å². The van der Waals surface area contributed by atoms with Gasteiger partial charge in [-0.1, -0.05) is 0 Å². The Hall–Kier alpha value is -3.01. The Bertz CT molecular complexity index is 803. The highest BCUT2D eigenvalue weighted by atomic mass is 19.3. The van der Waals surface area contributed by atoms with Crippen molar-refractivity contribution in [3.8, 4) is 17.2 Å². The average Bonchev–Trinajstić information content (AvgIpc) is 2.63. The highest BCUT2D eigenvalue weighted by Gasteiger charge is 2.15. The Balaban J connectivity index is 1.89. The van der Waals surface area contributed by atoms with Gasteiger partial charge < -0.3 is 24.4 Å². The van der Waals surface area contributed by atoms with Crippen molar-refractivity contribution in [2.45, 2.75) is 19.8 Å². The quantitative estimate of drug-likeness (QED) is 0.584. The fraction of sp³-hybridized carbons (Fsp3) is 0.316. The zero-order chi connectivity index (χ0) is 21.4. The minimum atomic E-state index is -2.96. The highest BCUT2D eigenvalue weighted by molar-refractivity contribution is 5.91. The molecule has 0 aliphatic heterocycles. The molecule has 1 amide bonds. The molecule has 0 spiro atoms.